The molecular formula is C19H15FNO3-. The lowest BCUT2D eigenvalue weighted by Gasteiger charge is -2.15. The molecular weight excluding hydrogens is 309 g/mol. The summed E-state index contributed by atoms with van der Waals surface area (Å²) in [5.41, 5.74) is 3.05. The fourth-order valence-corrected chi connectivity index (χ4v) is 2.69. The molecule has 0 spiro atoms. The number of hydrogen-bond donors (Lipinski definition) is 1. The van der Waals surface area contributed by atoms with Crippen LogP contribution in [0, 0.1) is 5.82 Å². The average Bonchev–Trinajstić information content (AvgIpc) is 2.97. The lowest BCUT2D eigenvalue weighted by atomic mass is 10.1. The molecule has 3 rings (SSSR count). The van der Waals surface area contributed by atoms with Crippen LogP contribution in [0.5, 0.6) is 5.75 Å². The predicted octanol–water partition coefficient (Wildman–Crippen LogP) is 2.67. The first-order valence-electron chi connectivity index (χ1n) is 7.50. The zero-order valence-corrected chi connectivity index (χ0v) is 12.8. The van der Waals surface area contributed by atoms with Crippen molar-refractivity contribution in [1.29, 1.82) is 0 Å². The monoisotopic (exact) mass is 324 g/mol. The van der Waals surface area contributed by atoms with E-state index in [1.54, 1.807) is 30.3 Å². The molecule has 2 aromatic carbocycles. The van der Waals surface area contributed by atoms with Gasteiger partial charge in [0.15, 0.2) is 0 Å². The summed E-state index contributed by atoms with van der Waals surface area (Å²) in [4.78, 5) is 10.8. The van der Waals surface area contributed by atoms with Crippen LogP contribution in [-0.2, 0) is 11.2 Å². The highest BCUT2D eigenvalue weighted by Crippen LogP contribution is 2.29. The van der Waals surface area contributed by atoms with Crippen LogP contribution >= 0.6 is 0 Å². The number of benzene rings is 2. The van der Waals surface area contributed by atoms with Gasteiger partial charge in [0, 0.05) is 23.4 Å². The summed E-state index contributed by atoms with van der Waals surface area (Å²) >= 11 is 0. The van der Waals surface area contributed by atoms with E-state index in [1.807, 2.05) is 22.8 Å². The smallest absolute Gasteiger partial charge is 0.123 e. The number of nitrogens with zero attached hydrogens (tertiary/aromatic N) is 1. The van der Waals surface area contributed by atoms with Crippen molar-refractivity contribution in [2.75, 3.05) is 0 Å². The standard InChI is InChI=1S/C19H16FNO3/c20-14-6-4-13(5-7-14)18-10-8-15(9-11-19(23)24)21(18)16-2-1-3-17(22)12-16/h1-8,10,12,22H,9,11H2,(H,23,24)/p-1. The van der Waals surface area contributed by atoms with Gasteiger partial charge in [-0.15, -0.1) is 0 Å². The zero-order chi connectivity index (χ0) is 17.1. The number of carbonyl (C=O) groups excluding carboxylic acids is 1. The van der Waals surface area contributed by atoms with Crippen molar-refractivity contribution in [2.45, 2.75) is 12.8 Å². The van der Waals surface area contributed by atoms with Crippen molar-refractivity contribution >= 4 is 5.97 Å². The molecule has 122 valence electrons. The van der Waals surface area contributed by atoms with Gasteiger partial charge >= 0.3 is 0 Å². The fraction of sp³-hybridized carbons (Fsp3) is 0.105. The van der Waals surface area contributed by atoms with E-state index in [2.05, 4.69) is 0 Å². The molecule has 0 radical (unpaired) electrons. The van der Waals surface area contributed by atoms with Gasteiger partial charge in [-0.25, -0.2) is 4.39 Å². The number of carboxylic acids is 1. The van der Waals surface area contributed by atoms with Gasteiger partial charge in [-0.2, -0.15) is 0 Å². The highest BCUT2D eigenvalue weighted by Gasteiger charge is 2.12. The molecule has 0 aliphatic rings. The minimum atomic E-state index is -1.12. The van der Waals surface area contributed by atoms with Crippen LogP contribution in [0.1, 0.15) is 12.1 Å². The highest BCUT2D eigenvalue weighted by molar-refractivity contribution is 5.66. The van der Waals surface area contributed by atoms with Gasteiger partial charge in [0.05, 0.1) is 5.69 Å². The summed E-state index contributed by atoms with van der Waals surface area (Å²) in [5, 5.41) is 20.5. The highest BCUT2D eigenvalue weighted by atomic mass is 19.1. The summed E-state index contributed by atoms with van der Waals surface area (Å²) in [5.74, 6) is -1.34. The molecule has 5 heteroatoms. The predicted molar refractivity (Wildman–Crippen MR) is 86.2 cm³/mol. The number of aryl methyl sites for hydroxylation is 1. The third kappa shape index (κ3) is 3.30. The molecule has 4 nitrogen and oxygen atoms in total. The Kier molecular flexibility index (Phi) is 4.33. The first kappa shape index (κ1) is 15.8. The zero-order valence-electron chi connectivity index (χ0n) is 12.8. The number of aromatic hydroxyl groups is 1. The van der Waals surface area contributed by atoms with Crippen LogP contribution < -0.4 is 5.11 Å². The Hall–Kier alpha value is -3.08. The molecule has 3 aromatic rings. The number of rotatable bonds is 5. The fourth-order valence-electron chi connectivity index (χ4n) is 2.69. The Balaban J connectivity index is 2.12. The van der Waals surface area contributed by atoms with Crippen LogP contribution in [0.15, 0.2) is 60.7 Å². The van der Waals surface area contributed by atoms with E-state index in [0.29, 0.717) is 12.1 Å². The number of phenolic OH excluding ortho intramolecular Hbond substituents is 1. The normalized spacial score (nSPS) is 10.7. The lowest BCUT2D eigenvalue weighted by Crippen LogP contribution is -2.22. The summed E-state index contributed by atoms with van der Waals surface area (Å²) in [6.45, 7) is 0. The van der Waals surface area contributed by atoms with E-state index in [-0.39, 0.29) is 18.0 Å². The minimum Gasteiger partial charge on any atom is -0.550 e. The van der Waals surface area contributed by atoms with Crippen molar-refractivity contribution in [1.82, 2.24) is 4.57 Å². The topological polar surface area (TPSA) is 65.3 Å². The Bertz CT molecular complexity index is 869. The molecule has 0 atom stereocenters. The maximum absolute atomic E-state index is 13.2. The molecule has 0 unspecified atom stereocenters. The summed E-state index contributed by atoms with van der Waals surface area (Å²) in [7, 11) is 0. The minimum absolute atomic E-state index is 0.105. The Morgan fingerprint density at radius 2 is 1.83 bits per heavy atom. The second-order valence-electron chi connectivity index (χ2n) is 5.44. The first-order chi connectivity index (χ1) is 11.5. The van der Waals surface area contributed by atoms with Gasteiger partial charge in [-0.1, -0.05) is 6.07 Å². The molecule has 0 amide bonds. The van der Waals surface area contributed by atoms with Gasteiger partial charge < -0.3 is 19.6 Å². The van der Waals surface area contributed by atoms with E-state index < -0.39 is 5.97 Å². The summed E-state index contributed by atoms with van der Waals surface area (Å²) in [6, 6.07) is 16.4. The quantitative estimate of drug-likeness (QED) is 0.785. The molecule has 0 bridgehead atoms. The molecule has 1 heterocycles. The molecule has 0 saturated carbocycles. The van der Waals surface area contributed by atoms with Gasteiger partial charge in [-0.3, -0.25) is 0 Å². The molecule has 0 aliphatic carbocycles. The number of aliphatic carboxylic acids is 1. The SMILES string of the molecule is O=C([O-])CCc1ccc(-c2ccc(F)cc2)n1-c1cccc(O)c1. The van der Waals surface area contributed by atoms with E-state index >= 15 is 0 Å². The second kappa shape index (κ2) is 6.58. The van der Waals surface area contributed by atoms with Crippen LogP contribution in [0.25, 0.3) is 16.9 Å². The number of carboxylic acid groups (broad SMARTS) is 1. The second-order valence-corrected chi connectivity index (χ2v) is 5.44. The molecule has 1 N–H and O–H groups in total. The summed E-state index contributed by atoms with van der Waals surface area (Å²) in [6.07, 6.45) is 0.185. The molecule has 1 aromatic heterocycles. The third-order valence-electron chi connectivity index (χ3n) is 3.77. The first-order valence-corrected chi connectivity index (χ1v) is 7.50. The van der Waals surface area contributed by atoms with E-state index in [9.17, 15) is 19.4 Å². The molecule has 0 saturated heterocycles. The van der Waals surface area contributed by atoms with Crippen LogP contribution in [0.3, 0.4) is 0 Å². The number of carbonyl (C=O) groups is 1. The van der Waals surface area contributed by atoms with Gasteiger partial charge in [0.25, 0.3) is 0 Å². The van der Waals surface area contributed by atoms with Crippen LogP contribution in [0.4, 0.5) is 4.39 Å². The van der Waals surface area contributed by atoms with Crippen molar-refractivity contribution in [2.24, 2.45) is 0 Å². The maximum Gasteiger partial charge on any atom is 0.123 e. The van der Waals surface area contributed by atoms with Gasteiger partial charge in [-0.05, 0) is 66.9 Å². The van der Waals surface area contributed by atoms with Crippen molar-refractivity contribution in [3.63, 3.8) is 0 Å². The van der Waals surface area contributed by atoms with Crippen LogP contribution in [-0.4, -0.2) is 15.6 Å². The van der Waals surface area contributed by atoms with E-state index in [1.165, 1.54) is 12.1 Å². The lowest BCUT2D eigenvalue weighted by molar-refractivity contribution is -0.305. The van der Waals surface area contributed by atoms with Crippen molar-refractivity contribution in [3.8, 4) is 22.7 Å². The molecule has 24 heavy (non-hydrogen) atoms. The average molecular weight is 324 g/mol. The van der Waals surface area contributed by atoms with Crippen LogP contribution in [0.2, 0.25) is 0 Å². The Morgan fingerprint density at radius 3 is 2.50 bits per heavy atom. The number of phenols is 1. The number of hydrogen-bond acceptors (Lipinski definition) is 3. The third-order valence-corrected chi connectivity index (χ3v) is 3.77. The van der Waals surface area contributed by atoms with Crippen molar-refractivity contribution in [3.05, 3.63) is 72.2 Å². The molecule has 0 fully saturated rings. The summed E-state index contributed by atoms with van der Waals surface area (Å²) < 4.78 is 15.0. The van der Waals surface area contributed by atoms with Gasteiger partial charge in [0.1, 0.15) is 11.6 Å². The Labute approximate surface area is 138 Å². The van der Waals surface area contributed by atoms with E-state index in [0.717, 1.165) is 17.0 Å². The number of halogens is 1. The maximum atomic E-state index is 13.2. The van der Waals surface area contributed by atoms with Crippen molar-refractivity contribution < 1.29 is 19.4 Å². The molecule has 0 aliphatic heterocycles. The number of aromatic nitrogens is 1. The largest absolute Gasteiger partial charge is 0.550 e. The van der Waals surface area contributed by atoms with E-state index in [4.69, 9.17) is 0 Å². The van der Waals surface area contributed by atoms with Gasteiger partial charge in [0.2, 0.25) is 0 Å². The Morgan fingerprint density at radius 1 is 1.08 bits per heavy atom.